The van der Waals surface area contributed by atoms with Crippen LogP contribution in [0.15, 0.2) is 48.8 Å². The van der Waals surface area contributed by atoms with Gasteiger partial charge in [0.2, 0.25) is 5.91 Å². The Bertz CT molecular complexity index is 982. The number of carbonyl (C=O) groups is 2. The Balaban J connectivity index is 1.68. The Morgan fingerprint density at radius 3 is 2.44 bits per heavy atom. The van der Waals surface area contributed by atoms with Crippen LogP contribution in [0.5, 0.6) is 0 Å². The molecule has 6 nitrogen and oxygen atoms in total. The Morgan fingerprint density at radius 1 is 1.11 bits per heavy atom. The number of nitrogens with zero attached hydrogens (tertiary/aromatic N) is 2. The zero-order chi connectivity index (χ0) is 19.6. The first-order chi connectivity index (χ1) is 12.8. The summed E-state index contributed by atoms with van der Waals surface area (Å²) < 4.78 is 1.57. The molecule has 0 unspecified atom stereocenters. The highest BCUT2D eigenvalue weighted by Crippen LogP contribution is 2.22. The Kier molecular flexibility index (Phi) is 4.99. The third-order valence-electron chi connectivity index (χ3n) is 4.49. The zero-order valence-corrected chi connectivity index (χ0v) is 15.7. The first-order valence-electron chi connectivity index (χ1n) is 8.79. The number of rotatable bonds is 5. The minimum Gasteiger partial charge on any atom is -0.478 e. The van der Waals surface area contributed by atoms with Crippen molar-refractivity contribution in [2.75, 3.05) is 0 Å². The van der Waals surface area contributed by atoms with E-state index in [0.29, 0.717) is 17.6 Å². The van der Waals surface area contributed by atoms with Crippen molar-refractivity contribution in [1.29, 1.82) is 0 Å². The summed E-state index contributed by atoms with van der Waals surface area (Å²) in [7, 11) is 0. The molecule has 0 aliphatic rings. The minimum absolute atomic E-state index is 0.0148. The first kappa shape index (κ1) is 18.6. The number of carboxylic acids is 1. The van der Waals surface area contributed by atoms with Gasteiger partial charge in [-0.15, -0.1) is 0 Å². The molecule has 0 bridgehead atoms. The van der Waals surface area contributed by atoms with Crippen LogP contribution in [0.3, 0.4) is 0 Å². The molecule has 0 aliphatic carbocycles. The van der Waals surface area contributed by atoms with Gasteiger partial charge in [0.15, 0.2) is 0 Å². The van der Waals surface area contributed by atoms with Gasteiger partial charge in [-0.1, -0.05) is 51.1 Å². The molecule has 0 saturated carbocycles. The number of para-hydroxylation sites is 1. The van der Waals surface area contributed by atoms with E-state index in [1.54, 1.807) is 16.7 Å². The van der Waals surface area contributed by atoms with Gasteiger partial charge in [0, 0.05) is 6.54 Å². The third kappa shape index (κ3) is 4.16. The number of hydrogen-bond acceptors (Lipinski definition) is 3. The summed E-state index contributed by atoms with van der Waals surface area (Å²) >= 11 is 0. The molecular weight excluding hydrogens is 342 g/mol. The van der Waals surface area contributed by atoms with Gasteiger partial charge in [-0.05, 0) is 28.7 Å². The average Bonchev–Trinajstić information content (AvgIpc) is 3.02. The first-order valence-corrected chi connectivity index (χ1v) is 8.79. The molecule has 0 spiro atoms. The van der Waals surface area contributed by atoms with Gasteiger partial charge in [-0.2, -0.15) is 0 Å². The SMILES string of the molecule is CC(C)(C)c1ccc(CNC(=O)Cn2cnc3cccc(C(=O)O)c32)cc1. The van der Waals surface area contributed by atoms with E-state index < -0.39 is 5.97 Å². The van der Waals surface area contributed by atoms with Crippen LogP contribution in [-0.2, 0) is 23.3 Å². The van der Waals surface area contributed by atoms with E-state index in [-0.39, 0.29) is 23.4 Å². The number of carboxylic acid groups (broad SMARTS) is 1. The predicted molar refractivity (Wildman–Crippen MR) is 104 cm³/mol. The fourth-order valence-electron chi connectivity index (χ4n) is 2.95. The number of fused-ring (bicyclic) bond motifs is 1. The third-order valence-corrected chi connectivity index (χ3v) is 4.49. The number of imidazole rings is 1. The highest BCUT2D eigenvalue weighted by atomic mass is 16.4. The summed E-state index contributed by atoms with van der Waals surface area (Å²) in [6.07, 6.45) is 1.49. The quantitative estimate of drug-likeness (QED) is 0.726. The highest BCUT2D eigenvalue weighted by molar-refractivity contribution is 6.01. The molecule has 3 rings (SSSR count). The summed E-state index contributed by atoms with van der Waals surface area (Å²) in [6, 6.07) is 13.1. The highest BCUT2D eigenvalue weighted by Gasteiger charge is 2.15. The maximum Gasteiger partial charge on any atom is 0.337 e. The molecule has 2 aromatic carbocycles. The van der Waals surface area contributed by atoms with E-state index in [2.05, 4.69) is 43.2 Å². The molecule has 0 fully saturated rings. The topological polar surface area (TPSA) is 84.2 Å². The lowest BCUT2D eigenvalue weighted by Gasteiger charge is -2.19. The number of nitrogens with one attached hydrogen (secondary N) is 1. The van der Waals surface area contributed by atoms with Crippen molar-refractivity contribution in [1.82, 2.24) is 14.9 Å². The lowest BCUT2D eigenvalue weighted by atomic mass is 9.87. The standard InChI is InChI=1S/C21H23N3O3/c1-21(2,3)15-9-7-14(8-10-15)11-22-18(25)12-24-13-23-17-6-4-5-16(19(17)24)20(26)27/h4-10,13H,11-12H2,1-3H3,(H,22,25)(H,26,27). The summed E-state index contributed by atoms with van der Waals surface area (Å²) in [5, 5.41) is 12.2. The monoisotopic (exact) mass is 365 g/mol. The van der Waals surface area contributed by atoms with E-state index in [1.807, 2.05) is 12.1 Å². The molecule has 0 radical (unpaired) electrons. The van der Waals surface area contributed by atoms with Crippen molar-refractivity contribution in [3.05, 3.63) is 65.5 Å². The predicted octanol–water partition coefficient (Wildman–Crippen LogP) is 3.35. The van der Waals surface area contributed by atoms with Crippen LogP contribution in [0.2, 0.25) is 0 Å². The maximum absolute atomic E-state index is 12.3. The zero-order valence-electron chi connectivity index (χ0n) is 15.7. The number of benzene rings is 2. The molecule has 1 aromatic heterocycles. The molecule has 27 heavy (non-hydrogen) atoms. The second kappa shape index (κ2) is 7.23. The van der Waals surface area contributed by atoms with Gasteiger partial charge < -0.3 is 15.0 Å². The Hall–Kier alpha value is -3.15. The van der Waals surface area contributed by atoms with Crippen LogP contribution in [0, 0.1) is 0 Å². The van der Waals surface area contributed by atoms with E-state index in [0.717, 1.165) is 5.56 Å². The van der Waals surface area contributed by atoms with Crippen LogP contribution in [-0.4, -0.2) is 26.5 Å². The molecular formula is C21H23N3O3. The molecule has 6 heteroatoms. The number of amides is 1. The number of aromatic nitrogens is 2. The molecule has 2 N–H and O–H groups in total. The van der Waals surface area contributed by atoms with Gasteiger partial charge in [0.25, 0.3) is 0 Å². The number of aromatic carboxylic acids is 1. The lowest BCUT2D eigenvalue weighted by Crippen LogP contribution is -2.27. The number of hydrogen-bond donors (Lipinski definition) is 2. The molecule has 1 amide bonds. The van der Waals surface area contributed by atoms with E-state index in [9.17, 15) is 14.7 Å². The normalized spacial score (nSPS) is 11.5. The molecule has 0 aliphatic heterocycles. The van der Waals surface area contributed by atoms with Crippen LogP contribution in [0.4, 0.5) is 0 Å². The Labute approximate surface area is 157 Å². The fourth-order valence-corrected chi connectivity index (χ4v) is 2.95. The minimum atomic E-state index is -1.04. The van der Waals surface area contributed by atoms with Crippen molar-refractivity contribution >= 4 is 22.9 Å². The van der Waals surface area contributed by atoms with Crippen molar-refractivity contribution in [2.24, 2.45) is 0 Å². The molecule has 1 heterocycles. The lowest BCUT2D eigenvalue weighted by molar-refractivity contribution is -0.121. The van der Waals surface area contributed by atoms with E-state index in [4.69, 9.17) is 0 Å². The van der Waals surface area contributed by atoms with Gasteiger partial charge in [0.1, 0.15) is 6.54 Å². The molecule has 0 saturated heterocycles. The van der Waals surface area contributed by atoms with Crippen LogP contribution in [0.25, 0.3) is 11.0 Å². The summed E-state index contributed by atoms with van der Waals surface area (Å²) in [4.78, 5) is 27.9. The van der Waals surface area contributed by atoms with Crippen LogP contribution in [0.1, 0.15) is 42.3 Å². The molecule has 0 atom stereocenters. The van der Waals surface area contributed by atoms with Gasteiger partial charge in [0.05, 0.1) is 22.9 Å². The van der Waals surface area contributed by atoms with Gasteiger partial charge in [-0.25, -0.2) is 9.78 Å². The van der Waals surface area contributed by atoms with E-state index in [1.165, 1.54) is 18.0 Å². The van der Waals surface area contributed by atoms with E-state index >= 15 is 0 Å². The smallest absolute Gasteiger partial charge is 0.337 e. The summed E-state index contributed by atoms with van der Waals surface area (Å²) in [5.74, 6) is -1.24. The Morgan fingerprint density at radius 2 is 1.81 bits per heavy atom. The largest absolute Gasteiger partial charge is 0.478 e. The average molecular weight is 365 g/mol. The molecule has 3 aromatic rings. The van der Waals surface area contributed by atoms with Crippen molar-refractivity contribution in [2.45, 2.75) is 39.3 Å². The van der Waals surface area contributed by atoms with Gasteiger partial charge >= 0.3 is 5.97 Å². The second-order valence-electron chi connectivity index (χ2n) is 7.57. The fraction of sp³-hybridized carbons (Fsp3) is 0.286. The van der Waals surface area contributed by atoms with Crippen LogP contribution < -0.4 is 5.32 Å². The maximum atomic E-state index is 12.3. The summed E-state index contributed by atoms with van der Waals surface area (Å²) in [6.45, 7) is 6.91. The second-order valence-corrected chi connectivity index (χ2v) is 7.57. The van der Waals surface area contributed by atoms with Gasteiger partial charge in [-0.3, -0.25) is 4.79 Å². The summed E-state index contributed by atoms with van der Waals surface area (Å²) in [5.41, 5.74) is 3.49. The van der Waals surface area contributed by atoms with Crippen LogP contribution >= 0.6 is 0 Å². The molecule has 140 valence electrons. The number of carbonyl (C=O) groups excluding carboxylic acids is 1. The van der Waals surface area contributed by atoms with Crippen molar-refractivity contribution < 1.29 is 14.7 Å². The van der Waals surface area contributed by atoms with Crippen molar-refractivity contribution in [3.63, 3.8) is 0 Å². The van der Waals surface area contributed by atoms with Crippen molar-refractivity contribution in [3.8, 4) is 0 Å².